The lowest BCUT2D eigenvalue weighted by atomic mass is 10.3. The molecule has 0 aliphatic heterocycles. The number of hydrogen-bond donors (Lipinski definition) is 4. The Hall–Kier alpha value is -1.79. The van der Waals surface area contributed by atoms with Crippen LogP contribution in [-0.2, 0) is 9.59 Å². The summed E-state index contributed by atoms with van der Waals surface area (Å²) in [7, 11) is 0. The second-order valence-corrected chi connectivity index (χ2v) is 3.60. The van der Waals surface area contributed by atoms with Gasteiger partial charge in [-0.25, -0.2) is 0 Å². The summed E-state index contributed by atoms with van der Waals surface area (Å²) in [6, 6.07) is 4.25. The quantitative estimate of drug-likeness (QED) is 0.573. The number of aromatic hydroxyl groups is 1. The first-order valence-electron chi connectivity index (χ1n) is 4.78. The average Bonchev–Trinajstić information content (AvgIpc) is 2.31. The Labute approximate surface area is 103 Å². The van der Waals surface area contributed by atoms with Crippen LogP contribution in [0.5, 0.6) is 5.75 Å². The van der Waals surface area contributed by atoms with Crippen molar-refractivity contribution < 1.29 is 14.7 Å². The minimum Gasteiger partial charge on any atom is -0.506 e. The Bertz CT molecular complexity index is 437. The number of phenolic OH excluding ortho intramolecular Hbond substituents is 1. The number of carbonyl (C=O) groups is 2. The van der Waals surface area contributed by atoms with Crippen LogP contribution in [0.3, 0.4) is 0 Å². The number of nitrogens with one attached hydrogen (secondary N) is 2. The van der Waals surface area contributed by atoms with Crippen molar-refractivity contribution in [3.63, 3.8) is 0 Å². The van der Waals surface area contributed by atoms with E-state index in [4.69, 9.17) is 17.3 Å². The van der Waals surface area contributed by atoms with Crippen molar-refractivity contribution in [3.8, 4) is 5.75 Å². The molecule has 7 heteroatoms. The van der Waals surface area contributed by atoms with Crippen molar-refractivity contribution in [1.29, 1.82) is 0 Å². The number of anilines is 1. The van der Waals surface area contributed by atoms with Gasteiger partial charge in [-0.1, -0.05) is 11.6 Å². The molecule has 1 rings (SSSR count). The second-order valence-electron chi connectivity index (χ2n) is 3.20. The molecule has 0 bridgehead atoms. The van der Waals surface area contributed by atoms with E-state index in [0.717, 1.165) is 0 Å². The van der Waals surface area contributed by atoms with Gasteiger partial charge in [0, 0.05) is 5.69 Å². The fraction of sp³-hybridized carbons (Fsp3) is 0.200. The smallest absolute Gasteiger partial charge is 0.243 e. The first-order chi connectivity index (χ1) is 8.02. The second kappa shape index (κ2) is 6.07. The first-order valence-corrected chi connectivity index (χ1v) is 5.16. The average molecular weight is 258 g/mol. The van der Waals surface area contributed by atoms with Crippen LogP contribution < -0.4 is 16.4 Å². The highest BCUT2D eigenvalue weighted by Gasteiger charge is 2.06. The molecule has 0 atom stereocenters. The van der Waals surface area contributed by atoms with E-state index in [2.05, 4.69) is 10.6 Å². The molecule has 0 heterocycles. The van der Waals surface area contributed by atoms with Crippen molar-refractivity contribution in [2.45, 2.75) is 0 Å². The molecular formula is C10H12ClN3O3. The molecule has 0 aliphatic rings. The Kier molecular flexibility index (Phi) is 4.74. The molecule has 17 heavy (non-hydrogen) atoms. The van der Waals surface area contributed by atoms with E-state index in [9.17, 15) is 14.7 Å². The lowest BCUT2D eigenvalue weighted by Crippen LogP contribution is -2.36. The van der Waals surface area contributed by atoms with Gasteiger partial charge >= 0.3 is 0 Å². The third-order valence-corrected chi connectivity index (χ3v) is 2.17. The maximum atomic E-state index is 11.4. The van der Waals surface area contributed by atoms with Gasteiger partial charge in [0.25, 0.3) is 0 Å². The molecule has 1 aromatic carbocycles. The van der Waals surface area contributed by atoms with E-state index in [-0.39, 0.29) is 23.9 Å². The van der Waals surface area contributed by atoms with Crippen molar-refractivity contribution in [2.75, 3.05) is 18.4 Å². The van der Waals surface area contributed by atoms with Crippen LogP contribution in [0.15, 0.2) is 18.2 Å². The van der Waals surface area contributed by atoms with Crippen molar-refractivity contribution >= 4 is 29.1 Å². The number of halogens is 1. The summed E-state index contributed by atoms with van der Waals surface area (Å²) in [4.78, 5) is 22.2. The van der Waals surface area contributed by atoms with Crippen LogP contribution in [0.25, 0.3) is 0 Å². The number of carbonyl (C=O) groups excluding carboxylic acids is 2. The summed E-state index contributed by atoms with van der Waals surface area (Å²) >= 11 is 5.66. The van der Waals surface area contributed by atoms with E-state index in [1.54, 1.807) is 0 Å². The zero-order valence-electron chi connectivity index (χ0n) is 8.87. The molecule has 0 unspecified atom stereocenters. The van der Waals surface area contributed by atoms with E-state index in [0.29, 0.717) is 5.69 Å². The maximum absolute atomic E-state index is 11.4. The lowest BCUT2D eigenvalue weighted by molar-refractivity contribution is -0.123. The standard InChI is InChI=1S/C10H12ClN3O3/c11-7-3-6(1-2-8(7)15)14-10(17)5-13-9(16)4-12/h1-3,15H,4-5,12H2,(H,13,16)(H,14,17). The highest BCUT2D eigenvalue weighted by Crippen LogP contribution is 2.25. The molecule has 2 amide bonds. The zero-order chi connectivity index (χ0) is 12.8. The largest absolute Gasteiger partial charge is 0.506 e. The van der Waals surface area contributed by atoms with Gasteiger partial charge in [0.05, 0.1) is 18.1 Å². The predicted molar refractivity (Wildman–Crippen MR) is 63.8 cm³/mol. The monoisotopic (exact) mass is 257 g/mol. The highest BCUT2D eigenvalue weighted by molar-refractivity contribution is 6.32. The maximum Gasteiger partial charge on any atom is 0.243 e. The molecule has 0 saturated carbocycles. The van der Waals surface area contributed by atoms with Crippen molar-refractivity contribution in [3.05, 3.63) is 23.2 Å². The summed E-state index contributed by atoms with van der Waals surface area (Å²) in [5.74, 6) is -0.890. The van der Waals surface area contributed by atoms with E-state index in [1.807, 2.05) is 0 Å². The van der Waals surface area contributed by atoms with Crippen LogP contribution in [0.1, 0.15) is 0 Å². The molecule has 5 N–H and O–H groups in total. The molecule has 0 fully saturated rings. The molecule has 92 valence electrons. The summed E-state index contributed by atoms with van der Waals surface area (Å²) in [6.45, 7) is -0.340. The molecular weight excluding hydrogens is 246 g/mol. The zero-order valence-corrected chi connectivity index (χ0v) is 9.62. The predicted octanol–water partition coefficient (Wildman–Crippen LogP) is 0.0590. The molecule has 0 aliphatic carbocycles. The van der Waals surface area contributed by atoms with Gasteiger partial charge in [0.1, 0.15) is 5.75 Å². The normalized spacial score (nSPS) is 9.76. The van der Waals surface area contributed by atoms with E-state index >= 15 is 0 Å². The molecule has 0 spiro atoms. The van der Waals surface area contributed by atoms with Crippen molar-refractivity contribution in [1.82, 2.24) is 5.32 Å². The van der Waals surface area contributed by atoms with Gasteiger partial charge in [-0.05, 0) is 18.2 Å². The van der Waals surface area contributed by atoms with Crippen LogP contribution in [0.4, 0.5) is 5.69 Å². The van der Waals surface area contributed by atoms with Crippen LogP contribution in [0.2, 0.25) is 5.02 Å². The SMILES string of the molecule is NCC(=O)NCC(=O)Nc1ccc(O)c(Cl)c1. The van der Waals surface area contributed by atoms with Gasteiger partial charge in [-0.3, -0.25) is 9.59 Å². The molecule has 0 saturated heterocycles. The number of rotatable bonds is 4. The lowest BCUT2D eigenvalue weighted by Gasteiger charge is -2.07. The fourth-order valence-corrected chi connectivity index (χ4v) is 1.22. The van der Waals surface area contributed by atoms with E-state index in [1.165, 1.54) is 18.2 Å². The Morgan fingerprint density at radius 2 is 2.06 bits per heavy atom. The molecule has 0 radical (unpaired) electrons. The van der Waals surface area contributed by atoms with Gasteiger partial charge < -0.3 is 21.5 Å². The minimum atomic E-state index is -0.413. The summed E-state index contributed by atoms with van der Waals surface area (Å²) in [5, 5.41) is 14.1. The molecule has 6 nitrogen and oxygen atoms in total. The number of nitrogens with two attached hydrogens (primary N) is 1. The van der Waals surface area contributed by atoms with Crippen LogP contribution >= 0.6 is 11.6 Å². The summed E-state index contributed by atoms with van der Waals surface area (Å²) in [6.07, 6.45) is 0. The van der Waals surface area contributed by atoms with Crippen molar-refractivity contribution in [2.24, 2.45) is 5.73 Å². The van der Waals surface area contributed by atoms with Crippen LogP contribution in [0, 0.1) is 0 Å². The van der Waals surface area contributed by atoms with Gasteiger partial charge in [0.2, 0.25) is 11.8 Å². The minimum absolute atomic E-state index is 0.0684. The third kappa shape index (κ3) is 4.29. The van der Waals surface area contributed by atoms with Gasteiger partial charge in [-0.2, -0.15) is 0 Å². The Morgan fingerprint density at radius 3 is 2.65 bits per heavy atom. The van der Waals surface area contributed by atoms with E-state index < -0.39 is 11.8 Å². The fourth-order valence-electron chi connectivity index (χ4n) is 1.04. The topological polar surface area (TPSA) is 104 Å². The third-order valence-electron chi connectivity index (χ3n) is 1.86. The number of benzene rings is 1. The van der Waals surface area contributed by atoms with Gasteiger partial charge in [-0.15, -0.1) is 0 Å². The summed E-state index contributed by atoms with van der Waals surface area (Å²) in [5.41, 5.74) is 5.49. The Morgan fingerprint density at radius 1 is 1.35 bits per heavy atom. The number of amides is 2. The Balaban J connectivity index is 2.50. The number of hydrogen-bond acceptors (Lipinski definition) is 4. The van der Waals surface area contributed by atoms with Gasteiger partial charge in [0.15, 0.2) is 0 Å². The number of phenols is 1. The molecule has 1 aromatic rings. The highest BCUT2D eigenvalue weighted by atomic mass is 35.5. The first kappa shape index (κ1) is 13.3. The van der Waals surface area contributed by atoms with Crippen LogP contribution in [-0.4, -0.2) is 30.0 Å². The molecule has 0 aromatic heterocycles. The summed E-state index contributed by atoms with van der Waals surface area (Å²) < 4.78 is 0.